The van der Waals surface area contributed by atoms with Crippen LogP contribution in [0.15, 0.2) is 0 Å². The second-order valence-corrected chi connectivity index (χ2v) is 6.64. The zero-order valence-corrected chi connectivity index (χ0v) is 12.4. The Bertz CT molecular complexity index is 379. The van der Waals surface area contributed by atoms with E-state index in [1.165, 1.54) is 6.42 Å². The first-order valence-corrected chi connectivity index (χ1v) is 7.72. The van der Waals surface area contributed by atoms with Crippen LogP contribution in [0.4, 0.5) is 4.79 Å². The van der Waals surface area contributed by atoms with Gasteiger partial charge in [0, 0.05) is 12.6 Å². The maximum absolute atomic E-state index is 12.0. The summed E-state index contributed by atoms with van der Waals surface area (Å²) in [5.41, 5.74) is -0.719. The molecule has 2 aliphatic carbocycles. The highest BCUT2D eigenvalue weighted by atomic mass is 16.4. The Hall–Kier alpha value is -1.26. The minimum atomic E-state index is -0.788. The number of carbonyl (C=O) groups excluding carboxylic acids is 1. The summed E-state index contributed by atoms with van der Waals surface area (Å²) in [6.45, 7) is 4.65. The van der Waals surface area contributed by atoms with Crippen molar-refractivity contribution in [1.29, 1.82) is 0 Å². The molecule has 3 N–H and O–H groups in total. The van der Waals surface area contributed by atoms with Gasteiger partial charge in [0.2, 0.25) is 0 Å². The van der Waals surface area contributed by atoms with Gasteiger partial charge in [0.1, 0.15) is 0 Å². The van der Waals surface area contributed by atoms with Crippen molar-refractivity contribution in [2.45, 2.75) is 58.4 Å². The quantitative estimate of drug-likeness (QED) is 0.740. The maximum atomic E-state index is 12.0. The number of amides is 2. The number of rotatable bonds is 4. The van der Waals surface area contributed by atoms with E-state index in [-0.39, 0.29) is 18.6 Å². The van der Waals surface area contributed by atoms with Crippen LogP contribution in [0.1, 0.15) is 52.4 Å². The van der Waals surface area contributed by atoms with Gasteiger partial charge in [0.05, 0.1) is 5.41 Å². The van der Waals surface area contributed by atoms with Crippen molar-refractivity contribution in [3.63, 3.8) is 0 Å². The summed E-state index contributed by atoms with van der Waals surface area (Å²) in [4.78, 5) is 23.2. The van der Waals surface area contributed by atoms with Gasteiger partial charge < -0.3 is 15.7 Å². The average molecular weight is 282 g/mol. The van der Waals surface area contributed by atoms with Gasteiger partial charge in [-0.05, 0) is 31.1 Å². The largest absolute Gasteiger partial charge is 0.481 e. The summed E-state index contributed by atoms with van der Waals surface area (Å²) in [7, 11) is 0. The molecule has 114 valence electrons. The molecule has 2 rings (SSSR count). The van der Waals surface area contributed by atoms with Crippen molar-refractivity contribution < 1.29 is 14.7 Å². The molecule has 0 aromatic heterocycles. The van der Waals surface area contributed by atoms with Gasteiger partial charge in [-0.2, -0.15) is 0 Å². The van der Waals surface area contributed by atoms with E-state index in [1.54, 1.807) is 0 Å². The topological polar surface area (TPSA) is 78.4 Å². The molecular formula is C15H26N2O3. The summed E-state index contributed by atoms with van der Waals surface area (Å²) in [5.74, 6) is 0.321. The van der Waals surface area contributed by atoms with Crippen molar-refractivity contribution in [2.75, 3.05) is 6.54 Å². The van der Waals surface area contributed by atoms with Crippen LogP contribution in [0.25, 0.3) is 0 Å². The van der Waals surface area contributed by atoms with Crippen LogP contribution >= 0.6 is 0 Å². The van der Waals surface area contributed by atoms with E-state index in [2.05, 4.69) is 24.5 Å². The fourth-order valence-corrected chi connectivity index (χ4v) is 3.32. The Labute approximate surface area is 120 Å². The van der Waals surface area contributed by atoms with Crippen LogP contribution in [0.3, 0.4) is 0 Å². The lowest BCUT2D eigenvalue weighted by molar-refractivity contribution is -0.153. The Balaban J connectivity index is 1.79. The van der Waals surface area contributed by atoms with Crippen molar-refractivity contribution in [1.82, 2.24) is 10.6 Å². The van der Waals surface area contributed by atoms with E-state index in [0.717, 1.165) is 19.3 Å². The number of carboxylic acids is 1. The number of hydrogen-bond donors (Lipinski definition) is 3. The number of nitrogens with one attached hydrogen (secondary N) is 2. The van der Waals surface area contributed by atoms with E-state index >= 15 is 0 Å². The number of hydrogen-bond acceptors (Lipinski definition) is 2. The monoisotopic (exact) mass is 282 g/mol. The molecule has 5 nitrogen and oxygen atoms in total. The first-order chi connectivity index (χ1) is 9.44. The fraction of sp³-hybridized carbons (Fsp3) is 0.867. The lowest BCUT2D eigenvalue weighted by Gasteiger charge is -2.38. The third-order valence-electron chi connectivity index (χ3n) is 5.38. The molecule has 0 spiro atoms. The molecule has 0 aliphatic heterocycles. The van der Waals surface area contributed by atoms with Gasteiger partial charge in [-0.25, -0.2) is 4.79 Å². The van der Waals surface area contributed by atoms with E-state index in [9.17, 15) is 14.7 Å². The molecule has 2 saturated carbocycles. The minimum absolute atomic E-state index is 0.209. The molecule has 3 unspecified atom stereocenters. The van der Waals surface area contributed by atoms with Crippen LogP contribution in [0.2, 0.25) is 0 Å². The standard InChI is InChI=1S/C15H26N2O3/c1-10-5-3-6-12(11(10)2)17-14(20)16-9-15(13(18)19)7-4-8-15/h10-12H,3-9H2,1-2H3,(H,18,19)(H2,16,17,20). The zero-order valence-electron chi connectivity index (χ0n) is 12.4. The fourth-order valence-electron chi connectivity index (χ4n) is 3.32. The van der Waals surface area contributed by atoms with Gasteiger partial charge in [0.15, 0.2) is 0 Å². The van der Waals surface area contributed by atoms with E-state index in [4.69, 9.17) is 0 Å². The Morgan fingerprint density at radius 2 is 1.90 bits per heavy atom. The minimum Gasteiger partial charge on any atom is -0.481 e. The summed E-state index contributed by atoms with van der Waals surface area (Å²) < 4.78 is 0. The van der Waals surface area contributed by atoms with E-state index < -0.39 is 11.4 Å². The number of urea groups is 1. The summed E-state index contributed by atoms with van der Waals surface area (Å²) >= 11 is 0. The lowest BCUT2D eigenvalue weighted by Crippen LogP contribution is -2.53. The second kappa shape index (κ2) is 6.02. The van der Waals surface area contributed by atoms with Gasteiger partial charge in [-0.1, -0.05) is 33.1 Å². The highest BCUT2D eigenvalue weighted by molar-refractivity contribution is 5.79. The molecule has 2 amide bonds. The third-order valence-corrected chi connectivity index (χ3v) is 5.38. The van der Waals surface area contributed by atoms with E-state index in [1.807, 2.05) is 0 Å². The van der Waals surface area contributed by atoms with Crippen LogP contribution in [-0.4, -0.2) is 29.7 Å². The molecule has 5 heteroatoms. The molecule has 20 heavy (non-hydrogen) atoms. The number of carbonyl (C=O) groups is 2. The maximum Gasteiger partial charge on any atom is 0.315 e. The summed E-state index contributed by atoms with van der Waals surface area (Å²) in [6, 6.07) is -0.00982. The third kappa shape index (κ3) is 3.07. The van der Waals surface area contributed by atoms with Crippen molar-refractivity contribution in [2.24, 2.45) is 17.3 Å². The molecule has 0 radical (unpaired) electrons. The van der Waals surface area contributed by atoms with Crippen molar-refractivity contribution in [3.8, 4) is 0 Å². The highest BCUT2D eigenvalue weighted by Crippen LogP contribution is 2.40. The summed E-state index contributed by atoms with van der Waals surface area (Å²) in [5, 5.41) is 15.0. The van der Waals surface area contributed by atoms with Gasteiger partial charge in [-0.3, -0.25) is 4.79 Å². The molecule has 0 aromatic rings. The average Bonchev–Trinajstić information content (AvgIpc) is 2.33. The molecule has 0 heterocycles. The smallest absolute Gasteiger partial charge is 0.315 e. The van der Waals surface area contributed by atoms with E-state index in [0.29, 0.717) is 24.7 Å². The number of carboxylic acid groups (broad SMARTS) is 1. The molecule has 2 fully saturated rings. The van der Waals surface area contributed by atoms with Crippen LogP contribution < -0.4 is 10.6 Å². The summed E-state index contributed by atoms with van der Waals surface area (Å²) in [6.07, 6.45) is 5.66. The molecule has 0 bridgehead atoms. The van der Waals surface area contributed by atoms with Gasteiger partial charge in [-0.15, -0.1) is 0 Å². The molecule has 0 saturated heterocycles. The normalized spacial score (nSPS) is 32.0. The second-order valence-electron chi connectivity index (χ2n) is 6.64. The van der Waals surface area contributed by atoms with Crippen LogP contribution in [-0.2, 0) is 4.79 Å². The van der Waals surface area contributed by atoms with Crippen LogP contribution in [0, 0.1) is 17.3 Å². The lowest BCUT2D eigenvalue weighted by atomic mass is 9.69. The first kappa shape index (κ1) is 15.1. The van der Waals surface area contributed by atoms with Crippen molar-refractivity contribution in [3.05, 3.63) is 0 Å². The SMILES string of the molecule is CC1CCCC(NC(=O)NCC2(C(=O)O)CCC2)C1C. The Morgan fingerprint density at radius 3 is 2.45 bits per heavy atom. The van der Waals surface area contributed by atoms with Gasteiger partial charge >= 0.3 is 12.0 Å². The molecular weight excluding hydrogens is 256 g/mol. The predicted molar refractivity (Wildman–Crippen MR) is 76.4 cm³/mol. The molecule has 0 aromatic carbocycles. The predicted octanol–water partition coefficient (Wildman–Crippen LogP) is 2.37. The molecule has 3 atom stereocenters. The zero-order chi connectivity index (χ0) is 14.8. The van der Waals surface area contributed by atoms with Crippen molar-refractivity contribution >= 4 is 12.0 Å². The Kier molecular flexibility index (Phi) is 4.55. The van der Waals surface area contributed by atoms with Crippen LogP contribution in [0.5, 0.6) is 0 Å². The number of aliphatic carboxylic acids is 1. The van der Waals surface area contributed by atoms with Gasteiger partial charge in [0.25, 0.3) is 0 Å². The first-order valence-electron chi connectivity index (χ1n) is 7.72. The molecule has 2 aliphatic rings. The Morgan fingerprint density at radius 1 is 1.20 bits per heavy atom. The highest BCUT2D eigenvalue weighted by Gasteiger charge is 2.44.